The molecule has 2 heterocycles. The quantitative estimate of drug-likeness (QED) is 0.813. The first-order valence-corrected chi connectivity index (χ1v) is 10.4. The van der Waals surface area contributed by atoms with E-state index in [1.807, 2.05) is 19.9 Å². The van der Waals surface area contributed by atoms with Crippen LogP contribution in [0.25, 0.3) is 0 Å². The zero-order valence-electron chi connectivity index (χ0n) is 14.8. The third-order valence-corrected chi connectivity index (χ3v) is 7.08. The highest BCUT2D eigenvalue weighted by Gasteiger charge is 2.32. The Morgan fingerprint density at radius 2 is 1.79 bits per heavy atom. The van der Waals surface area contributed by atoms with Crippen molar-refractivity contribution in [3.05, 3.63) is 23.0 Å². The van der Waals surface area contributed by atoms with Crippen molar-refractivity contribution < 1.29 is 13.2 Å². The molecule has 1 aromatic heterocycles. The van der Waals surface area contributed by atoms with Gasteiger partial charge in [0.15, 0.2) is 0 Å². The molecule has 1 aliphatic heterocycles. The molecule has 0 aromatic carbocycles. The summed E-state index contributed by atoms with van der Waals surface area (Å²) < 4.78 is 28.1. The number of sulfonamides is 1. The summed E-state index contributed by atoms with van der Waals surface area (Å²) >= 11 is 0. The van der Waals surface area contributed by atoms with Gasteiger partial charge in [-0.1, -0.05) is 6.92 Å². The normalized spacial score (nSPS) is 19.7. The second-order valence-corrected chi connectivity index (χ2v) is 8.98. The summed E-state index contributed by atoms with van der Waals surface area (Å²) in [7, 11) is -3.17. The average Bonchev–Trinajstić information content (AvgIpc) is 3.32. The van der Waals surface area contributed by atoms with Crippen LogP contribution in [-0.2, 0) is 10.0 Å². The number of rotatable bonds is 5. The summed E-state index contributed by atoms with van der Waals surface area (Å²) in [6, 6.07) is 2.54. The highest BCUT2D eigenvalue weighted by atomic mass is 32.2. The third-order valence-electron chi connectivity index (χ3n) is 5.01. The van der Waals surface area contributed by atoms with Gasteiger partial charge in [0.05, 0.1) is 11.3 Å². The van der Waals surface area contributed by atoms with E-state index in [1.165, 1.54) is 17.1 Å². The van der Waals surface area contributed by atoms with Crippen molar-refractivity contribution in [1.29, 1.82) is 0 Å². The van der Waals surface area contributed by atoms with Crippen LogP contribution in [0, 0.1) is 13.8 Å². The van der Waals surface area contributed by atoms with Crippen LogP contribution >= 0.6 is 0 Å². The van der Waals surface area contributed by atoms with Crippen LogP contribution in [0.15, 0.2) is 6.07 Å². The minimum absolute atomic E-state index is 0.0301. The monoisotopic (exact) mass is 353 g/mol. The van der Waals surface area contributed by atoms with Crippen molar-refractivity contribution >= 4 is 15.9 Å². The van der Waals surface area contributed by atoms with Gasteiger partial charge in [-0.2, -0.15) is 4.31 Å². The van der Waals surface area contributed by atoms with Crippen molar-refractivity contribution in [2.24, 2.45) is 0 Å². The topological polar surface area (TPSA) is 62.6 Å². The van der Waals surface area contributed by atoms with Crippen LogP contribution in [0.4, 0.5) is 0 Å². The van der Waals surface area contributed by atoms with Crippen LogP contribution in [0.2, 0.25) is 0 Å². The number of hydrogen-bond acceptors (Lipinski definition) is 3. The number of aryl methyl sites for hydroxylation is 1. The largest absolute Gasteiger partial charge is 0.345 e. The first-order chi connectivity index (χ1) is 11.3. The van der Waals surface area contributed by atoms with Gasteiger partial charge in [0.25, 0.3) is 5.91 Å². The van der Waals surface area contributed by atoms with Gasteiger partial charge < -0.3 is 9.47 Å². The molecule has 1 aliphatic carbocycles. The standard InChI is InChI=1S/C17H27N3O3S/c1-4-11-24(22,23)19-9-7-18(8-10-19)17(21)16-12-13(2)20(14(16)3)15-5-6-15/h12,15H,4-11H2,1-3H3. The van der Waals surface area contributed by atoms with E-state index < -0.39 is 10.0 Å². The molecule has 0 spiro atoms. The van der Waals surface area contributed by atoms with E-state index in [0.717, 1.165) is 17.0 Å². The molecule has 134 valence electrons. The molecule has 1 saturated heterocycles. The van der Waals surface area contributed by atoms with Crippen LogP contribution in [0.5, 0.6) is 0 Å². The molecule has 7 heteroatoms. The summed E-state index contributed by atoms with van der Waals surface area (Å²) in [4.78, 5) is 14.6. The van der Waals surface area contributed by atoms with Gasteiger partial charge in [-0.3, -0.25) is 4.79 Å². The van der Waals surface area contributed by atoms with Crippen molar-refractivity contribution in [2.75, 3.05) is 31.9 Å². The number of aromatic nitrogens is 1. The van der Waals surface area contributed by atoms with E-state index in [9.17, 15) is 13.2 Å². The molecule has 2 fully saturated rings. The number of carbonyl (C=O) groups is 1. The number of carbonyl (C=O) groups excluding carboxylic acids is 1. The Hall–Kier alpha value is -1.34. The van der Waals surface area contributed by atoms with E-state index in [4.69, 9.17) is 0 Å². The minimum Gasteiger partial charge on any atom is -0.345 e. The van der Waals surface area contributed by atoms with Crippen molar-refractivity contribution in [2.45, 2.75) is 46.1 Å². The van der Waals surface area contributed by atoms with Gasteiger partial charge in [-0.05, 0) is 39.2 Å². The fourth-order valence-corrected chi connectivity index (χ4v) is 5.11. The lowest BCUT2D eigenvalue weighted by Gasteiger charge is -2.34. The van der Waals surface area contributed by atoms with E-state index in [1.54, 1.807) is 4.90 Å². The zero-order chi connectivity index (χ0) is 17.5. The molecule has 0 unspecified atom stereocenters. The van der Waals surface area contributed by atoms with Crippen molar-refractivity contribution in [3.8, 4) is 0 Å². The Kier molecular flexibility index (Phi) is 4.75. The Balaban J connectivity index is 1.69. The predicted octanol–water partition coefficient (Wildman–Crippen LogP) is 1.94. The second kappa shape index (κ2) is 6.52. The molecule has 0 atom stereocenters. The molecule has 24 heavy (non-hydrogen) atoms. The maximum Gasteiger partial charge on any atom is 0.255 e. The van der Waals surface area contributed by atoms with Crippen LogP contribution in [0.1, 0.15) is 54.0 Å². The fraction of sp³-hybridized carbons (Fsp3) is 0.706. The lowest BCUT2D eigenvalue weighted by molar-refractivity contribution is 0.0697. The van der Waals surface area contributed by atoms with E-state index in [0.29, 0.717) is 38.6 Å². The Bertz CT molecular complexity index is 727. The van der Waals surface area contributed by atoms with Gasteiger partial charge in [0.1, 0.15) is 0 Å². The minimum atomic E-state index is -3.17. The predicted molar refractivity (Wildman–Crippen MR) is 93.7 cm³/mol. The Morgan fingerprint density at radius 3 is 2.33 bits per heavy atom. The zero-order valence-corrected chi connectivity index (χ0v) is 15.6. The summed E-state index contributed by atoms with van der Waals surface area (Å²) in [5.41, 5.74) is 2.95. The lowest BCUT2D eigenvalue weighted by Crippen LogP contribution is -2.51. The third kappa shape index (κ3) is 3.24. The maximum atomic E-state index is 12.9. The summed E-state index contributed by atoms with van der Waals surface area (Å²) in [6.45, 7) is 7.67. The number of hydrogen-bond donors (Lipinski definition) is 0. The van der Waals surface area contributed by atoms with E-state index in [-0.39, 0.29) is 11.7 Å². The summed E-state index contributed by atoms with van der Waals surface area (Å²) in [6.07, 6.45) is 3.00. The van der Waals surface area contributed by atoms with Gasteiger partial charge in [0.2, 0.25) is 10.0 Å². The Morgan fingerprint density at radius 1 is 1.17 bits per heavy atom. The van der Waals surface area contributed by atoms with Crippen molar-refractivity contribution in [1.82, 2.24) is 13.8 Å². The molecule has 6 nitrogen and oxygen atoms in total. The van der Waals surface area contributed by atoms with Gasteiger partial charge in [0, 0.05) is 43.6 Å². The van der Waals surface area contributed by atoms with Crippen molar-refractivity contribution in [3.63, 3.8) is 0 Å². The number of amides is 1. The van der Waals surface area contributed by atoms with E-state index in [2.05, 4.69) is 11.5 Å². The number of piperazine rings is 1. The fourth-order valence-electron chi connectivity index (χ4n) is 3.62. The molecule has 0 bridgehead atoms. The van der Waals surface area contributed by atoms with E-state index >= 15 is 0 Å². The molecule has 1 saturated carbocycles. The first-order valence-electron chi connectivity index (χ1n) is 8.80. The first kappa shape index (κ1) is 17.5. The summed E-state index contributed by atoms with van der Waals surface area (Å²) in [5.74, 6) is 0.214. The van der Waals surface area contributed by atoms with Gasteiger partial charge in [-0.15, -0.1) is 0 Å². The maximum absolute atomic E-state index is 12.9. The van der Waals surface area contributed by atoms with Gasteiger partial charge in [-0.25, -0.2) is 8.42 Å². The van der Waals surface area contributed by atoms with Crippen LogP contribution < -0.4 is 0 Å². The molecule has 2 aliphatic rings. The van der Waals surface area contributed by atoms with Gasteiger partial charge >= 0.3 is 0 Å². The molecular formula is C17H27N3O3S. The smallest absolute Gasteiger partial charge is 0.255 e. The highest BCUT2D eigenvalue weighted by Crippen LogP contribution is 2.38. The van der Waals surface area contributed by atoms with Crippen LogP contribution in [-0.4, -0.2) is 60.0 Å². The Labute approximate surface area is 144 Å². The SMILES string of the molecule is CCCS(=O)(=O)N1CCN(C(=O)c2cc(C)n(C3CC3)c2C)CC1. The molecule has 1 amide bonds. The second-order valence-electron chi connectivity index (χ2n) is 6.89. The molecule has 0 N–H and O–H groups in total. The molecule has 0 radical (unpaired) electrons. The highest BCUT2D eigenvalue weighted by molar-refractivity contribution is 7.89. The lowest BCUT2D eigenvalue weighted by atomic mass is 10.2. The number of nitrogens with zero attached hydrogens (tertiary/aromatic N) is 3. The van der Waals surface area contributed by atoms with Crippen LogP contribution in [0.3, 0.4) is 0 Å². The molecular weight excluding hydrogens is 326 g/mol. The average molecular weight is 353 g/mol. The summed E-state index contributed by atoms with van der Waals surface area (Å²) in [5, 5.41) is 0. The molecule has 3 rings (SSSR count). The molecule has 1 aromatic rings.